The van der Waals surface area contributed by atoms with E-state index < -0.39 is 0 Å². The van der Waals surface area contributed by atoms with Gasteiger partial charge in [-0.2, -0.15) is 0 Å². The normalized spacial score (nSPS) is 11.6. The zero-order valence-corrected chi connectivity index (χ0v) is 15.2. The van der Waals surface area contributed by atoms with E-state index in [1.165, 1.54) is 5.56 Å². The number of benzene rings is 2. The molecule has 0 aromatic heterocycles. The van der Waals surface area contributed by atoms with Crippen LogP contribution >= 0.6 is 0 Å². The van der Waals surface area contributed by atoms with Gasteiger partial charge in [0.2, 0.25) is 0 Å². The number of ketones is 1. The Labute approximate surface area is 144 Å². The van der Waals surface area contributed by atoms with Gasteiger partial charge in [-0.25, -0.2) is 0 Å². The van der Waals surface area contributed by atoms with Crippen molar-refractivity contribution in [1.29, 1.82) is 0 Å². The predicted octanol–water partition coefficient (Wildman–Crippen LogP) is 5.23. The van der Waals surface area contributed by atoms with E-state index in [0.717, 1.165) is 18.3 Å². The second-order valence-corrected chi connectivity index (χ2v) is 7.79. The number of hydrogen-bond donors (Lipinski definition) is 0. The largest absolute Gasteiger partial charge is 0.298 e. The molecule has 0 spiro atoms. The first-order chi connectivity index (χ1) is 11.2. The molecule has 0 heterocycles. The molecule has 0 amide bonds. The average Bonchev–Trinajstić information content (AvgIpc) is 2.53. The quantitative estimate of drug-likeness (QED) is 0.558. The van der Waals surface area contributed by atoms with Crippen LogP contribution in [0, 0.1) is 5.92 Å². The highest BCUT2D eigenvalue weighted by Gasteiger charge is 2.19. The molecule has 0 N–H and O–H groups in total. The molecule has 2 heteroatoms. The van der Waals surface area contributed by atoms with Gasteiger partial charge in [0.05, 0.1) is 0 Å². The molecule has 0 radical (unpaired) electrons. The van der Waals surface area contributed by atoms with Crippen LogP contribution in [0.5, 0.6) is 0 Å². The van der Waals surface area contributed by atoms with Gasteiger partial charge in [0.15, 0.2) is 12.1 Å². The van der Waals surface area contributed by atoms with E-state index in [2.05, 4.69) is 34.6 Å². The molecular formula is C22H26O2. The van der Waals surface area contributed by atoms with Crippen LogP contribution in [0.2, 0.25) is 0 Å². The van der Waals surface area contributed by atoms with Crippen molar-refractivity contribution in [3.63, 3.8) is 0 Å². The minimum Gasteiger partial charge on any atom is -0.298 e. The fourth-order valence-electron chi connectivity index (χ4n) is 2.74. The van der Waals surface area contributed by atoms with Crippen molar-refractivity contribution in [3.05, 3.63) is 70.3 Å². The molecule has 2 rings (SSSR count). The van der Waals surface area contributed by atoms with Gasteiger partial charge in [-0.05, 0) is 34.9 Å². The molecule has 2 aromatic carbocycles. The molecule has 0 fully saturated rings. The summed E-state index contributed by atoms with van der Waals surface area (Å²) in [6.45, 7) is 10.6. The molecule has 0 saturated carbocycles. The Morgan fingerprint density at radius 1 is 1.04 bits per heavy atom. The second-order valence-electron chi connectivity index (χ2n) is 7.79. The standard InChI is InChI=1S/C22H26O2/c1-15(2)12-16-6-8-17(9-7-16)21(24)20-13-19(22(3,4)5)11-10-18(20)14-23/h6-11,13-15H,12H2,1-5H3. The summed E-state index contributed by atoms with van der Waals surface area (Å²) < 4.78 is 0. The van der Waals surface area contributed by atoms with Gasteiger partial charge in [0.1, 0.15) is 0 Å². The topological polar surface area (TPSA) is 34.1 Å². The molecule has 2 nitrogen and oxygen atoms in total. The van der Waals surface area contributed by atoms with E-state index in [1.54, 1.807) is 6.07 Å². The Kier molecular flexibility index (Phi) is 5.38. The Morgan fingerprint density at radius 2 is 1.67 bits per heavy atom. The van der Waals surface area contributed by atoms with Crippen molar-refractivity contribution in [2.24, 2.45) is 5.92 Å². The fourth-order valence-corrected chi connectivity index (χ4v) is 2.74. The molecule has 24 heavy (non-hydrogen) atoms. The minimum absolute atomic E-state index is 0.0719. The molecule has 0 bridgehead atoms. The smallest absolute Gasteiger partial charge is 0.193 e. The van der Waals surface area contributed by atoms with Gasteiger partial charge < -0.3 is 0 Å². The Balaban J connectivity index is 2.39. The van der Waals surface area contributed by atoms with E-state index in [4.69, 9.17) is 0 Å². The number of rotatable bonds is 5. The van der Waals surface area contributed by atoms with Crippen LogP contribution in [0.15, 0.2) is 42.5 Å². The summed E-state index contributed by atoms with van der Waals surface area (Å²) in [7, 11) is 0. The van der Waals surface area contributed by atoms with E-state index in [-0.39, 0.29) is 11.2 Å². The Hall–Kier alpha value is -2.22. The molecule has 0 unspecified atom stereocenters. The molecule has 0 aliphatic carbocycles. The lowest BCUT2D eigenvalue weighted by Gasteiger charge is -2.20. The zero-order valence-electron chi connectivity index (χ0n) is 15.2. The minimum atomic E-state index is -0.0979. The molecule has 0 aliphatic rings. The molecule has 126 valence electrons. The van der Waals surface area contributed by atoms with Gasteiger partial charge in [-0.15, -0.1) is 0 Å². The zero-order chi connectivity index (χ0) is 17.9. The summed E-state index contributed by atoms with van der Waals surface area (Å²) in [5, 5.41) is 0. The fraction of sp³-hybridized carbons (Fsp3) is 0.364. The van der Waals surface area contributed by atoms with Crippen molar-refractivity contribution in [2.45, 2.75) is 46.5 Å². The highest BCUT2D eigenvalue weighted by Crippen LogP contribution is 2.25. The van der Waals surface area contributed by atoms with Gasteiger partial charge in [-0.1, -0.05) is 71.0 Å². The van der Waals surface area contributed by atoms with Gasteiger partial charge >= 0.3 is 0 Å². The van der Waals surface area contributed by atoms with E-state index in [0.29, 0.717) is 22.6 Å². The van der Waals surface area contributed by atoms with E-state index in [1.807, 2.05) is 36.4 Å². The Morgan fingerprint density at radius 3 is 2.17 bits per heavy atom. The SMILES string of the molecule is CC(C)Cc1ccc(C(=O)c2cc(C(C)(C)C)ccc2C=O)cc1. The first-order valence-corrected chi connectivity index (χ1v) is 8.45. The maximum atomic E-state index is 12.9. The average molecular weight is 322 g/mol. The van der Waals surface area contributed by atoms with Crippen LogP contribution in [0.1, 0.15) is 72.0 Å². The van der Waals surface area contributed by atoms with Crippen LogP contribution in [-0.4, -0.2) is 12.1 Å². The summed E-state index contributed by atoms with van der Waals surface area (Å²) >= 11 is 0. The monoisotopic (exact) mass is 322 g/mol. The van der Waals surface area contributed by atoms with Crippen LogP contribution in [0.25, 0.3) is 0 Å². The lowest BCUT2D eigenvalue weighted by atomic mass is 9.84. The Bertz CT molecular complexity index is 732. The van der Waals surface area contributed by atoms with Gasteiger partial charge in [-0.3, -0.25) is 9.59 Å². The van der Waals surface area contributed by atoms with Crippen molar-refractivity contribution in [2.75, 3.05) is 0 Å². The third kappa shape index (κ3) is 4.19. The van der Waals surface area contributed by atoms with E-state index >= 15 is 0 Å². The summed E-state index contributed by atoms with van der Waals surface area (Å²) in [6.07, 6.45) is 1.75. The molecular weight excluding hydrogens is 296 g/mol. The summed E-state index contributed by atoms with van der Waals surface area (Å²) in [5.74, 6) is 0.482. The summed E-state index contributed by atoms with van der Waals surface area (Å²) in [5.41, 5.74) is 3.75. The van der Waals surface area contributed by atoms with Gasteiger partial charge in [0, 0.05) is 16.7 Å². The summed E-state index contributed by atoms with van der Waals surface area (Å²) in [4.78, 5) is 24.2. The highest BCUT2D eigenvalue weighted by atomic mass is 16.1. The first kappa shape index (κ1) is 18.1. The van der Waals surface area contributed by atoms with Crippen molar-refractivity contribution in [1.82, 2.24) is 0 Å². The molecule has 0 saturated heterocycles. The number of carbonyl (C=O) groups excluding carboxylic acids is 2. The van der Waals surface area contributed by atoms with Gasteiger partial charge in [0.25, 0.3) is 0 Å². The number of carbonyl (C=O) groups is 2. The van der Waals surface area contributed by atoms with Crippen LogP contribution in [0.4, 0.5) is 0 Å². The predicted molar refractivity (Wildman–Crippen MR) is 98.9 cm³/mol. The third-order valence-corrected chi connectivity index (χ3v) is 4.15. The van der Waals surface area contributed by atoms with Crippen molar-refractivity contribution < 1.29 is 9.59 Å². The van der Waals surface area contributed by atoms with Crippen molar-refractivity contribution in [3.8, 4) is 0 Å². The second kappa shape index (κ2) is 7.12. The maximum absolute atomic E-state index is 12.9. The van der Waals surface area contributed by atoms with Crippen molar-refractivity contribution >= 4 is 12.1 Å². The lowest BCUT2D eigenvalue weighted by molar-refractivity contribution is 0.102. The van der Waals surface area contributed by atoms with E-state index in [9.17, 15) is 9.59 Å². The number of hydrogen-bond acceptors (Lipinski definition) is 2. The molecule has 0 atom stereocenters. The van der Waals surface area contributed by atoms with Crippen LogP contribution in [-0.2, 0) is 11.8 Å². The molecule has 0 aliphatic heterocycles. The van der Waals surface area contributed by atoms with Crippen LogP contribution in [0.3, 0.4) is 0 Å². The first-order valence-electron chi connectivity index (χ1n) is 8.45. The lowest BCUT2D eigenvalue weighted by Crippen LogP contribution is -2.14. The number of aldehydes is 1. The maximum Gasteiger partial charge on any atom is 0.193 e. The third-order valence-electron chi connectivity index (χ3n) is 4.15. The summed E-state index contributed by atoms with van der Waals surface area (Å²) in [6, 6.07) is 13.2. The van der Waals surface area contributed by atoms with Crippen LogP contribution < -0.4 is 0 Å². The molecule has 2 aromatic rings. The highest BCUT2D eigenvalue weighted by molar-refractivity contribution is 6.12.